The molecule has 0 aliphatic heterocycles. The second kappa shape index (κ2) is 16.2. The molecule has 3 aromatic carbocycles. The van der Waals surface area contributed by atoms with E-state index in [9.17, 15) is 18.0 Å². The Labute approximate surface area is 270 Å². The van der Waals surface area contributed by atoms with Gasteiger partial charge in [0, 0.05) is 30.2 Å². The maximum Gasteiger partial charge on any atom is 0.265 e. The maximum absolute atomic E-state index is 14.4. The van der Waals surface area contributed by atoms with Crippen molar-refractivity contribution in [1.29, 1.82) is 0 Å². The summed E-state index contributed by atoms with van der Waals surface area (Å²) in [6, 6.07) is 14.8. The Bertz CT molecular complexity index is 1580. The number of ether oxygens (including phenoxy) is 4. The summed E-state index contributed by atoms with van der Waals surface area (Å²) in [6.07, 6.45) is 0.976. The SMILES string of the molecule is CCCNC(=O)[C@H](CC)N(Cc1ccccc1Cl)C(=O)CN(c1cc(OC)ccc1OC)S(=O)(=O)c1ccc(OC)c(OC)c1. The van der Waals surface area contributed by atoms with Gasteiger partial charge in [-0.15, -0.1) is 0 Å². The van der Waals surface area contributed by atoms with Crippen molar-refractivity contribution in [2.24, 2.45) is 0 Å². The van der Waals surface area contributed by atoms with Gasteiger partial charge in [-0.25, -0.2) is 8.42 Å². The van der Waals surface area contributed by atoms with Gasteiger partial charge < -0.3 is 29.2 Å². The molecule has 0 radical (unpaired) electrons. The van der Waals surface area contributed by atoms with Crippen LogP contribution in [0.15, 0.2) is 65.6 Å². The van der Waals surface area contributed by atoms with Gasteiger partial charge >= 0.3 is 0 Å². The predicted molar refractivity (Wildman–Crippen MR) is 173 cm³/mol. The smallest absolute Gasteiger partial charge is 0.265 e. The summed E-state index contributed by atoms with van der Waals surface area (Å²) in [6.45, 7) is 3.42. The van der Waals surface area contributed by atoms with Gasteiger partial charge in [0.1, 0.15) is 24.1 Å². The van der Waals surface area contributed by atoms with Gasteiger partial charge in [0.05, 0.1) is 39.0 Å². The number of nitrogens with zero attached hydrogens (tertiary/aromatic N) is 2. The molecule has 0 saturated carbocycles. The number of carbonyl (C=O) groups is 2. The van der Waals surface area contributed by atoms with Crippen LogP contribution in [0.1, 0.15) is 32.3 Å². The predicted octanol–water partition coefficient (Wildman–Crippen LogP) is 4.90. The minimum absolute atomic E-state index is 0.0317. The zero-order chi connectivity index (χ0) is 33.1. The number of anilines is 1. The first-order chi connectivity index (χ1) is 21.6. The molecule has 45 heavy (non-hydrogen) atoms. The Balaban J connectivity index is 2.20. The molecule has 1 atom stereocenters. The highest BCUT2D eigenvalue weighted by Crippen LogP contribution is 2.38. The number of hydrogen-bond donors (Lipinski definition) is 1. The van der Waals surface area contributed by atoms with Gasteiger partial charge in [0.25, 0.3) is 10.0 Å². The Morgan fingerprint density at radius 2 is 1.53 bits per heavy atom. The summed E-state index contributed by atoms with van der Waals surface area (Å²) in [7, 11) is 1.20. The quantitative estimate of drug-likeness (QED) is 0.230. The molecular weight excluding hydrogens is 622 g/mol. The first-order valence-corrected chi connectivity index (χ1v) is 16.1. The van der Waals surface area contributed by atoms with Gasteiger partial charge in [0.2, 0.25) is 11.8 Å². The first kappa shape index (κ1) is 35.3. The Kier molecular flexibility index (Phi) is 12.7. The molecule has 0 unspecified atom stereocenters. The molecule has 0 fully saturated rings. The Morgan fingerprint density at radius 3 is 2.13 bits per heavy atom. The molecule has 244 valence electrons. The van der Waals surface area contributed by atoms with E-state index in [0.717, 1.165) is 4.31 Å². The van der Waals surface area contributed by atoms with Crippen LogP contribution in [-0.2, 0) is 26.2 Å². The molecule has 0 aliphatic carbocycles. The number of carbonyl (C=O) groups excluding carboxylic acids is 2. The average molecular weight is 662 g/mol. The number of halogens is 1. The number of rotatable bonds is 16. The van der Waals surface area contributed by atoms with Crippen molar-refractivity contribution in [3.63, 3.8) is 0 Å². The summed E-state index contributed by atoms with van der Waals surface area (Å²) >= 11 is 6.47. The summed E-state index contributed by atoms with van der Waals surface area (Å²) in [5, 5.41) is 3.26. The Morgan fingerprint density at radius 1 is 0.867 bits per heavy atom. The number of sulfonamides is 1. The van der Waals surface area contributed by atoms with E-state index in [1.54, 1.807) is 43.3 Å². The second-order valence-corrected chi connectivity index (χ2v) is 12.2. The molecule has 2 amide bonds. The number of methoxy groups -OCH3 is 4. The summed E-state index contributed by atoms with van der Waals surface area (Å²) < 4.78 is 51.3. The molecule has 0 saturated heterocycles. The van der Waals surface area contributed by atoms with Crippen molar-refractivity contribution < 1.29 is 37.0 Å². The molecule has 13 heteroatoms. The molecule has 11 nitrogen and oxygen atoms in total. The van der Waals surface area contributed by atoms with Crippen LogP contribution in [0.5, 0.6) is 23.0 Å². The molecule has 0 aliphatic rings. The number of amides is 2. The molecule has 3 aromatic rings. The van der Waals surface area contributed by atoms with Crippen LogP contribution in [0.25, 0.3) is 0 Å². The van der Waals surface area contributed by atoms with Crippen molar-refractivity contribution in [1.82, 2.24) is 10.2 Å². The van der Waals surface area contributed by atoms with E-state index in [-0.39, 0.29) is 41.0 Å². The number of hydrogen-bond acceptors (Lipinski definition) is 8. The minimum Gasteiger partial charge on any atom is -0.497 e. The lowest BCUT2D eigenvalue weighted by Crippen LogP contribution is -2.52. The average Bonchev–Trinajstić information content (AvgIpc) is 3.05. The highest BCUT2D eigenvalue weighted by molar-refractivity contribution is 7.92. The highest BCUT2D eigenvalue weighted by atomic mass is 35.5. The molecular formula is C32H40ClN3O8S. The van der Waals surface area contributed by atoms with E-state index < -0.39 is 28.5 Å². The molecule has 0 aromatic heterocycles. The fourth-order valence-corrected chi connectivity index (χ4v) is 6.33. The summed E-state index contributed by atoms with van der Waals surface area (Å²) in [5.74, 6) is 0.0340. The van der Waals surface area contributed by atoms with Crippen molar-refractivity contribution >= 4 is 39.1 Å². The number of nitrogens with one attached hydrogen (secondary N) is 1. The van der Waals surface area contributed by atoms with E-state index in [1.165, 1.54) is 57.6 Å². The van der Waals surface area contributed by atoms with Crippen LogP contribution in [0.2, 0.25) is 5.02 Å². The molecule has 0 spiro atoms. The first-order valence-electron chi connectivity index (χ1n) is 14.3. The third kappa shape index (κ3) is 8.31. The van der Waals surface area contributed by atoms with E-state index in [4.69, 9.17) is 30.5 Å². The van der Waals surface area contributed by atoms with Crippen molar-refractivity contribution in [3.8, 4) is 23.0 Å². The van der Waals surface area contributed by atoms with Gasteiger partial charge in [-0.3, -0.25) is 13.9 Å². The zero-order valence-corrected chi connectivity index (χ0v) is 27.9. The molecule has 3 rings (SSSR count). The standard InChI is InChI=1S/C32H40ClN3O8S/c1-7-17-34-32(38)26(8-2)35(20-22-11-9-10-12-25(22)33)31(37)21-36(27-18-23(41-3)13-15-28(27)42-4)45(39,40)24-14-16-29(43-5)30(19-24)44-6/h9-16,18-19,26H,7-8,17,20-21H2,1-6H3,(H,34,38)/t26-/m0/s1. The third-order valence-corrected chi connectivity index (χ3v) is 9.23. The largest absolute Gasteiger partial charge is 0.497 e. The van der Waals surface area contributed by atoms with Crippen molar-refractivity contribution in [3.05, 3.63) is 71.2 Å². The van der Waals surface area contributed by atoms with Crippen LogP contribution >= 0.6 is 11.6 Å². The number of benzene rings is 3. The van der Waals surface area contributed by atoms with Gasteiger partial charge in [0.15, 0.2) is 11.5 Å². The Hall–Kier alpha value is -4.16. The van der Waals surface area contributed by atoms with Crippen molar-refractivity contribution in [2.75, 3.05) is 45.8 Å². The van der Waals surface area contributed by atoms with E-state index in [0.29, 0.717) is 35.1 Å². The van der Waals surface area contributed by atoms with Crippen LogP contribution < -0.4 is 28.6 Å². The lowest BCUT2D eigenvalue weighted by Gasteiger charge is -2.33. The molecule has 1 N–H and O–H groups in total. The second-order valence-electron chi connectivity index (χ2n) is 9.89. The monoisotopic (exact) mass is 661 g/mol. The van der Waals surface area contributed by atoms with Crippen LogP contribution in [0.4, 0.5) is 5.69 Å². The van der Waals surface area contributed by atoms with Gasteiger partial charge in [-0.05, 0) is 48.7 Å². The highest BCUT2D eigenvalue weighted by Gasteiger charge is 2.35. The summed E-state index contributed by atoms with van der Waals surface area (Å²) in [5.41, 5.74) is 0.656. The molecule has 0 bridgehead atoms. The van der Waals surface area contributed by atoms with Crippen LogP contribution in [0.3, 0.4) is 0 Å². The normalized spacial score (nSPS) is 11.7. The fourth-order valence-electron chi connectivity index (χ4n) is 4.70. The lowest BCUT2D eigenvalue weighted by molar-refractivity contribution is -0.140. The van der Waals surface area contributed by atoms with E-state index >= 15 is 0 Å². The van der Waals surface area contributed by atoms with Gasteiger partial charge in [-0.1, -0.05) is 43.6 Å². The lowest BCUT2D eigenvalue weighted by atomic mass is 10.1. The minimum atomic E-state index is -4.46. The fraction of sp³-hybridized carbons (Fsp3) is 0.375. The topological polar surface area (TPSA) is 124 Å². The van der Waals surface area contributed by atoms with E-state index in [1.807, 2.05) is 6.92 Å². The molecule has 0 heterocycles. The maximum atomic E-state index is 14.4. The van der Waals surface area contributed by atoms with E-state index in [2.05, 4.69) is 5.32 Å². The zero-order valence-electron chi connectivity index (χ0n) is 26.3. The van der Waals surface area contributed by atoms with Crippen LogP contribution in [-0.4, -0.2) is 72.7 Å². The summed E-state index contributed by atoms with van der Waals surface area (Å²) in [4.78, 5) is 28.9. The van der Waals surface area contributed by atoms with Crippen LogP contribution in [0, 0.1) is 0 Å². The van der Waals surface area contributed by atoms with Crippen molar-refractivity contribution in [2.45, 2.75) is 44.2 Å². The van der Waals surface area contributed by atoms with Gasteiger partial charge in [-0.2, -0.15) is 0 Å². The third-order valence-electron chi connectivity index (χ3n) is 7.11.